The number of urea groups is 1. The monoisotopic (exact) mass is 542 g/mol. The second-order valence-electron chi connectivity index (χ2n) is 8.58. The summed E-state index contributed by atoms with van der Waals surface area (Å²) in [7, 11) is 1.46. The Balaban J connectivity index is 0.00000533. The van der Waals surface area contributed by atoms with E-state index in [0.717, 1.165) is 5.56 Å². The van der Waals surface area contributed by atoms with Crippen molar-refractivity contribution in [2.24, 2.45) is 0 Å². The van der Waals surface area contributed by atoms with Crippen molar-refractivity contribution in [1.29, 1.82) is 0 Å². The van der Waals surface area contributed by atoms with Gasteiger partial charge in [0.05, 0.1) is 30.9 Å². The number of carboxylic acid groups (broad SMARTS) is 1. The molecule has 0 heterocycles. The molecule has 1 atom stereocenters. The van der Waals surface area contributed by atoms with Gasteiger partial charge in [-0.1, -0.05) is 30.3 Å². The molecule has 4 amide bonds. The number of methoxy groups -OCH3 is 1. The van der Waals surface area contributed by atoms with E-state index in [4.69, 9.17) is 4.74 Å². The molecule has 200 valence electrons. The van der Waals surface area contributed by atoms with Crippen LogP contribution in [0.4, 0.5) is 27.5 Å². The number of nitrogens with zero attached hydrogens (tertiary/aromatic N) is 1. The van der Waals surface area contributed by atoms with E-state index < -0.39 is 18.0 Å². The number of hydrogen-bond donors (Lipinski definition) is 4. The second-order valence-corrected chi connectivity index (χ2v) is 8.58. The van der Waals surface area contributed by atoms with Crippen molar-refractivity contribution in [1.82, 2.24) is 5.32 Å². The molecule has 0 saturated carbocycles. The molecule has 39 heavy (non-hydrogen) atoms. The molecule has 0 aromatic heterocycles. The van der Waals surface area contributed by atoms with Gasteiger partial charge in [-0.15, -0.1) is 0 Å². The van der Waals surface area contributed by atoms with E-state index in [1.807, 2.05) is 25.1 Å². The molecule has 0 spiro atoms. The number of para-hydroxylation sites is 1. The fourth-order valence-corrected chi connectivity index (χ4v) is 3.95. The van der Waals surface area contributed by atoms with Gasteiger partial charge in [0.25, 0.3) is 0 Å². The Morgan fingerprint density at radius 3 is 2.08 bits per heavy atom. The number of carbonyl (C=O) groups is 4. The van der Waals surface area contributed by atoms with E-state index in [2.05, 4.69) is 16.0 Å². The van der Waals surface area contributed by atoms with Gasteiger partial charge in [0.1, 0.15) is 5.75 Å². The molecule has 3 aromatic carbocycles. The van der Waals surface area contributed by atoms with Crippen LogP contribution in [0.2, 0.25) is 0 Å². The molecular formula is C28H31N4NaO6. The number of ether oxygens (including phenoxy) is 1. The van der Waals surface area contributed by atoms with Crippen molar-refractivity contribution in [3.8, 4) is 5.75 Å². The fourth-order valence-electron chi connectivity index (χ4n) is 3.95. The van der Waals surface area contributed by atoms with Crippen LogP contribution in [0.3, 0.4) is 0 Å². The molecule has 4 N–H and O–H groups in total. The first-order valence-electron chi connectivity index (χ1n) is 11.8. The summed E-state index contributed by atoms with van der Waals surface area (Å²) in [4.78, 5) is 49.4. The third kappa shape index (κ3) is 8.57. The number of nitrogens with one attached hydrogen (secondary N) is 3. The molecule has 3 rings (SSSR count). The number of amides is 4. The van der Waals surface area contributed by atoms with Crippen LogP contribution >= 0.6 is 0 Å². The summed E-state index contributed by atoms with van der Waals surface area (Å²) >= 11 is 0. The number of hydrogen-bond acceptors (Lipinski definition) is 5. The van der Waals surface area contributed by atoms with Crippen LogP contribution in [0.15, 0.2) is 66.7 Å². The zero-order valence-corrected chi connectivity index (χ0v) is 21.6. The molecule has 0 bridgehead atoms. The topological polar surface area (TPSA) is 137 Å². The standard InChI is InChI=1S/C28H30N4O6.Na.H/c1-17-7-5-6-8-23(17)30-28(37)31-24-14-13-22(15-26(24)38-4)32(19(3)34)21-11-9-20(10-12-21)25(16-27(35)36)29-18(2)33;;/h5-15,25H,16H2,1-4H3,(H,29,33)(H,35,36)(H2,30,31,37);;. The Labute approximate surface area is 249 Å². The van der Waals surface area contributed by atoms with Gasteiger partial charge in [-0.05, 0) is 48.4 Å². The van der Waals surface area contributed by atoms with E-state index in [-0.39, 0.29) is 47.8 Å². The van der Waals surface area contributed by atoms with Crippen molar-refractivity contribution >= 4 is 76.1 Å². The van der Waals surface area contributed by atoms with Gasteiger partial charge in [0.15, 0.2) is 0 Å². The first-order valence-corrected chi connectivity index (χ1v) is 11.8. The number of rotatable bonds is 9. The molecular weight excluding hydrogens is 511 g/mol. The summed E-state index contributed by atoms with van der Waals surface area (Å²) in [6.07, 6.45) is -0.279. The Hall–Kier alpha value is -3.86. The molecule has 0 aliphatic carbocycles. The number of aliphatic carboxylic acids is 1. The van der Waals surface area contributed by atoms with Gasteiger partial charge in [-0.3, -0.25) is 19.3 Å². The minimum atomic E-state index is -1.05. The number of carbonyl (C=O) groups excluding carboxylic acids is 3. The number of carboxylic acids is 1. The molecule has 0 radical (unpaired) electrons. The first-order chi connectivity index (χ1) is 18.1. The second kappa shape index (κ2) is 14.3. The minimum absolute atomic E-state index is 0. The summed E-state index contributed by atoms with van der Waals surface area (Å²) < 4.78 is 5.47. The molecule has 0 fully saturated rings. The Bertz CT molecular complexity index is 1330. The summed E-state index contributed by atoms with van der Waals surface area (Å²) in [5, 5.41) is 17.4. The normalized spacial score (nSPS) is 10.9. The molecule has 11 heteroatoms. The Kier molecular flexibility index (Phi) is 11.5. The number of anilines is 4. The van der Waals surface area contributed by atoms with Crippen molar-refractivity contribution in [3.63, 3.8) is 0 Å². The number of benzene rings is 3. The van der Waals surface area contributed by atoms with Gasteiger partial charge < -0.3 is 25.8 Å². The molecule has 0 aliphatic heterocycles. The Morgan fingerprint density at radius 2 is 1.51 bits per heavy atom. The third-order valence-electron chi connectivity index (χ3n) is 5.71. The maximum absolute atomic E-state index is 12.6. The van der Waals surface area contributed by atoms with E-state index in [9.17, 15) is 24.3 Å². The average molecular weight is 543 g/mol. The van der Waals surface area contributed by atoms with E-state index in [1.165, 1.54) is 25.9 Å². The summed E-state index contributed by atoms with van der Waals surface area (Å²) in [5.41, 5.74) is 3.61. The van der Waals surface area contributed by atoms with E-state index >= 15 is 0 Å². The molecule has 1 unspecified atom stereocenters. The maximum atomic E-state index is 12.6. The van der Waals surface area contributed by atoms with Crippen molar-refractivity contribution in [2.45, 2.75) is 33.2 Å². The third-order valence-corrected chi connectivity index (χ3v) is 5.71. The zero-order chi connectivity index (χ0) is 27.8. The zero-order valence-electron chi connectivity index (χ0n) is 21.6. The van der Waals surface area contributed by atoms with Crippen LogP contribution < -0.4 is 25.6 Å². The number of aryl methyl sites for hydroxylation is 1. The molecule has 0 aliphatic rings. The molecule has 10 nitrogen and oxygen atoms in total. The SMILES string of the molecule is COc1cc(N(C(C)=O)c2ccc(C(CC(=O)O)NC(C)=O)cc2)ccc1NC(=O)Nc1ccccc1C.[NaH]. The molecule has 3 aromatic rings. The van der Waals surface area contributed by atoms with E-state index in [1.54, 1.807) is 48.5 Å². The van der Waals surface area contributed by atoms with Gasteiger partial charge >= 0.3 is 41.6 Å². The van der Waals surface area contributed by atoms with Crippen LogP contribution in [-0.2, 0) is 14.4 Å². The average Bonchev–Trinajstić information content (AvgIpc) is 2.85. The summed E-state index contributed by atoms with van der Waals surface area (Å²) in [6.45, 7) is 4.62. The van der Waals surface area contributed by atoms with Crippen LogP contribution in [0.25, 0.3) is 0 Å². The van der Waals surface area contributed by atoms with Gasteiger partial charge in [0, 0.05) is 31.3 Å². The van der Waals surface area contributed by atoms with Crippen molar-refractivity contribution < 1.29 is 29.0 Å². The van der Waals surface area contributed by atoms with Crippen LogP contribution in [0.5, 0.6) is 5.75 Å². The molecule has 0 saturated heterocycles. The summed E-state index contributed by atoms with van der Waals surface area (Å²) in [6, 6.07) is 17.8. The first kappa shape index (κ1) is 31.4. The predicted octanol–water partition coefficient (Wildman–Crippen LogP) is 4.34. The van der Waals surface area contributed by atoms with Crippen molar-refractivity contribution in [2.75, 3.05) is 22.6 Å². The fraction of sp³-hybridized carbons (Fsp3) is 0.214. The quantitative estimate of drug-likeness (QED) is 0.297. The predicted molar refractivity (Wildman–Crippen MR) is 152 cm³/mol. The van der Waals surface area contributed by atoms with Crippen molar-refractivity contribution in [3.05, 3.63) is 77.9 Å². The van der Waals surface area contributed by atoms with Gasteiger partial charge in [0.2, 0.25) is 11.8 Å². The van der Waals surface area contributed by atoms with E-state index in [0.29, 0.717) is 34.1 Å². The van der Waals surface area contributed by atoms with Crippen LogP contribution in [-0.4, -0.2) is 65.6 Å². The van der Waals surface area contributed by atoms with Crippen LogP contribution in [0.1, 0.15) is 37.4 Å². The van der Waals surface area contributed by atoms with Gasteiger partial charge in [-0.2, -0.15) is 0 Å². The van der Waals surface area contributed by atoms with Gasteiger partial charge in [-0.25, -0.2) is 4.79 Å². The van der Waals surface area contributed by atoms with Crippen LogP contribution in [0, 0.1) is 6.92 Å². The Morgan fingerprint density at radius 1 is 0.897 bits per heavy atom. The summed E-state index contributed by atoms with van der Waals surface area (Å²) in [5.74, 6) is -1.33.